The van der Waals surface area contributed by atoms with Gasteiger partial charge in [0.1, 0.15) is 0 Å². The van der Waals surface area contributed by atoms with Gasteiger partial charge in [-0.3, -0.25) is 4.79 Å². The highest BCUT2D eigenvalue weighted by Crippen LogP contribution is 2.13. The molecule has 0 aliphatic carbocycles. The van der Waals surface area contributed by atoms with Crippen LogP contribution in [0.1, 0.15) is 20.8 Å². The fourth-order valence-corrected chi connectivity index (χ4v) is 1.55. The Hall–Kier alpha value is -1.09. The van der Waals surface area contributed by atoms with Crippen LogP contribution in [0, 0.1) is 0 Å². The number of hydrogen-bond donors (Lipinski definition) is 1. The van der Waals surface area contributed by atoms with E-state index in [2.05, 4.69) is 11.9 Å². The Morgan fingerprint density at radius 1 is 1.60 bits per heavy atom. The summed E-state index contributed by atoms with van der Waals surface area (Å²) in [6.07, 6.45) is 1.77. The molecule has 0 spiro atoms. The van der Waals surface area contributed by atoms with E-state index >= 15 is 0 Å². The van der Waals surface area contributed by atoms with E-state index in [4.69, 9.17) is 0 Å². The number of nitrogens with one attached hydrogen (secondary N) is 1. The molecule has 1 amide bonds. The van der Waals surface area contributed by atoms with Gasteiger partial charge in [-0.15, -0.1) is 6.58 Å². The monoisotopic (exact) mass is 208 g/mol. The molecule has 1 fully saturated rings. The van der Waals surface area contributed by atoms with Crippen LogP contribution in [-0.4, -0.2) is 36.5 Å². The molecule has 1 heterocycles. The Morgan fingerprint density at radius 2 is 2.20 bits per heavy atom. The minimum Gasteiger partial charge on any atom is -0.333 e. The van der Waals surface area contributed by atoms with Gasteiger partial charge in [0.2, 0.25) is 5.91 Å². The third kappa shape index (κ3) is 2.69. The van der Waals surface area contributed by atoms with Gasteiger partial charge >= 0.3 is 0 Å². The predicted octanol–water partition coefficient (Wildman–Crippen LogP) is 1.33. The Balaban J connectivity index is 2.75. The average molecular weight is 208 g/mol. The molecule has 3 nitrogen and oxygen atoms in total. The molecular formula is C12H20N2O. The van der Waals surface area contributed by atoms with Crippen LogP contribution in [0.5, 0.6) is 0 Å². The lowest BCUT2D eigenvalue weighted by atomic mass is 10.0. The highest BCUT2D eigenvalue weighted by Gasteiger charge is 2.21. The fourth-order valence-electron chi connectivity index (χ4n) is 1.55. The second-order valence-corrected chi connectivity index (χ2v) is 4.17. The first kappa shape index (κ1) is 12.0. The fraction of sp³-hybridized carbons (Fsp3) is 0.583. The summed E-state index contributed by atoms with van der Waals surface area (Å²) in [5.41, 5.74) is 2.12. The van der Waals surface area contributed by atoms with Crippen molar-refractivity contribution in [3.05, 3.63) is 23.8 Å². The van der Waals surface area contributed by atoms with Crippen LogP contribution in [0.2, 0.25) is 0 Å². The number of hydrogen-bond acceptors (Lipinski definition) is 2. The molecule has 1 N–H and O–H groups in total. The maximum Gasteiger partial charge on any atom is 0.250 e. The minimum atomic E-state index is 0.140. The van der Waals surface area contributed by atoms with Crippen molar-refractivity contribution in [2.75, 3.05) is 19.6 Å². The molecule has 0 aromatic rings. The first-order valence-corrected chi connectivity index (χ1v) is 5.39. The summed E-state index contributed by atoms with van der Waals surface area (Å²) in [5.74, 6) is 0.140. The van der Waals surface area contributed by atoms with E-state index < -0.39 is 0 Å². The second-order valence-electron chi connectivity index (χ2n) is 4.17. The van der Waals surface area contributed by atoms with Crippen molar-refractivity contribution >= 4 is 5.91 Å². The van der Waals surface area contributed by atoms with Crippen LogP contribution < -0.4 is 5.32 Å². The van der Waals surface area contributed by atoms with Crippen LogP contribution in [0.3, 0.4) is 0 Å². The van der Waals surface area contributed by atoms with Gasteiger partial charge in [-0.1, -0.05) is 6.08 Å². The van der Waals surface area contributed by atoms with E-state index in [0.29, 0.717) is 6.54 Å². The van der Waals surface area contributed by atoms with Crippen LogP contribution >= 0.6 is 0 Å². The Morgan fingerprint density at radius 3 is 2.53 bits per heavy atom. The first-order chi connectivity index (χ1) is 7.07. The van der Waals surface area contributed by atoms with E-state index in [9.17, 15) is 4.79 Å². The highest BCUT2D eigenvalue weighted by atomic mass is 16.2. The number of carbonyl (C=O) groups excluding carboxylic acids is 1. The third-order valence-corrected chi connectivity index (χ3v) is 2.74. The molecule has 0 bridgehead atoms. The van der Waals surface area contributed by atoms with E-state index in [1.165, 1.54) is 5.57 Å². The van der Waals surface area contributed by atoms with Gasteiger partial charge in [-0.2, -0.15) is 0 Å². The van der Waals surface area contributed by atoms with Crippen LogP contribution in [-0.2, 0) is 4.79 Å². The van der Waals surface area contributed by atoms with Crippen LogP contribution in [0.25, 0.3) is 0 Å². The van der Waals surface area contributed by atoms with E-state index in [-0.39, 0.29) is 11.9 Å². The summed E-state index contributed by atoms with van der Waals surface area (Å²) in [6.45, 7) is 12.0. The number of rotatable bonds is 4. The molecule has 3 heteroatoms. The van der Waals surface area contributed by atoms with Crippen molar-refractivity contribution in [1.29, 1.82) is 0 Å². The van der Waals surface area contributed by atoms with Crippen molar-refractivity contribution in [3.63, 3.8) is 0 Å². The molecule has 1 aliphatic rings. The molecule has 0 saturated carbocycles. The lowest BCUT2D eigenvalue weighted by molar-refractivity contribution is -0.128. The number of carbonyl (C=O) groups is 1. The van der Waals surface area contributed by atoms with Gasteiger partial charge in [0.05, 0.1) is 0 Å². The van der Waals surface area contributed by atoms with Crippen LogP contribution in [0.15, 0.2) is 23.8 Å². The van der Waals surface area contributed by atoms with Gasteiger partial charge < -0.3 is 10.2 Å². The summed E-state index contributed by atoms with van der Waals surface area (Å²) in [4.78, 5) is 13.9. The highest BCUT2D eigenvalue weighted by molar-refractivity contribution is 5.94. The first-order valence-electron chi connectivity index (χ1n) is 5.39. The molecule has 0 aromatic carbocycles. The summed E-state index contributed by atoms with van der Waals surface area (Å²) in [6, 6.07) is 0.221. The van der Waals surface area contributed by atoms with Gasteiger partial charge in [0.25, 0.3) is 0 Å². The topological polar surface area (TPSA) is 32.3 Å². The summed E-state index contributed by atoms with van der Waals surface area (Å²) >= 11 is 0. The normalized spacial score (nSPS) is 14.8. The van der Waals surface area contributed by atoms with Gasteiger partial charge in [-0.25, -0.2) is 0 Å². The van der Waals surface area contributed by atoms with Crippen molar-refractivity contribution in [3.8, 4) is 0 Å². The molecular weight excluding hydrogens is 188 g/mol. The lowest BCUT2D eigenvalue weighted by Gasteiger charge is -2.29. The zero-order valence-electron chi connectivity index (χ0n) is 9.84. The smallest absolute Gasteiger partial charge is 0.250 e. The molecule has 15 heavy (non-hydrogen) atoms. The van der Waals surface area contributed by atoms with Crippen molar-refractivity contribution in [2.45, 2.75) is 26.8 Å². The molecule has 1 aliphatic heterocycles. The largest absolute Gasteiger partial charge is 0.333 e. The SMILES string of the molecule is C=CCN(C(=O)C(C)=C1CNC1)C(C)C. The molecule has 1 saturated heterocycles. The molecule has 0 radical (unpaired) electrons. The van der Waals surface area contributed by atoms with Crippen molar-refractivity contribution < 1.29 is 4.79 Å². The Bertz CT molecular complexity index is 286. The van der Waals surface area contributed by atoms with E-state index in [0.717, 1.165) is 18.7 Å². The lowest BCUT2D eigenvalue weighted by Crippen LogP contribution is -2.41. The zero-order valence-corrected chi connectivity index (χ0v) is 9.84. The van der Waals surface area contributed by atoms with Gasteiger partial charge in [0, 0.05) is 31.2 Å². The quantitative estimate of drug-likeness (QED) is 0.558. The van der Waals surface area contributed by atoms with Crippen molar-refractivity contribution in [2.24, 2.45) is 0 Å². The minimum absolute atomic E-state index is 0.140. The summed E-state index contributed by atoms with van der Waals surface area (Å²) in [7, 11) is 0. The average Bonchev–Trinajstić information content (AvgIpc) is 2.09. The molecule has 0 atom stereocenters. The molecule has 0 aromatic heterocycles. The van der Waals surface area contributed by atoms with E-state index in [1.807, 2.05) is 25.7 Å². The predicted molar refractivity (Wildman–Crippen MR) is 62.6 cm³/mol. The second kappa shape index (κ2) is 5.12. The van der Waals surface area contributed by atoms with E-state index in [1.54, 1.807) is 6.08 Å². The third-order valence-electron chi connectivity index (χ3n) is 2.74. The summed E-state index contributed by atoms with van der Waals surface area (Å²) in [5, 5.41) is 3.15. The molecule has 0 unspecified atom stereocenters. The Labute approximate surface area is 91.8 Å². The number of nitrogens with zero attached hydrogens (tertiary/aromatic N) is 1. The Kier molecular flexibility index (Phi) is 4.09. The zero-order chi connectivity index (χ0) is 11.4. The number of amides is 1. The van der Waals surface area contributed by atoms with Crippen molar-refractivity contribution in [1.82, 2.24) is 10.2 Å². The van der Waals surface area contributed by atoms with Gasteiger partial charge in [-0.05, 0) is 26.3 Å². The molecule has 84 valence electrons. The van der Waals surface area contributed by atoms with Crippen LogP contribution in [0.4, 0.5) is 0 Å². The maximum atomic E-state index is 12.1. The molecule has 1 rings (SSSR count). The standard InChI is InChI=1S/C12H20N2O/c1-5-6-14(9(2)3)12(15)10(4)11-7-13-8-11/h5,9,13H,1,6-8H2,2-4H3. The van der Waals surface area contributed by atoms with Gasteiger partial charge in [0.15, 0.2) is 0 Å². The summed E-state index contributed by atoms with van der Waals surface area (Å²) < 4.78 is 0. The maximum absolute atomic E-state index is 12.1.